The lowest BCUT2D eigenvalue weighted by atomic mass is 10.2. The molecule has 1 saturated heterocycles. The van der Waals surface area contributed by atoms with Crippen molar-refractivity contribution < 1.29 is 17.6 Å². The fourth-order valence-corrected chi connectivity index (χ4v) is 3.77. The van der Waals surface area contributed by atoms with E-state index in [1.165, 1.54) is 12.1 Å². The van der Waals surface area contributed by atoms with Gasteiger partial charge in [0.1, 0.15) is 5.82 Å². The van der Waals surface area contributed by atoms with Crippen molar-refractivity contribution in [2.75, 3.05) is 6.54 Å². The van der Waals surface area contributed by atoms with Gasteiger partial charge in [0.15, 0.2) is 9.84 Å². The highest BCUT2D eigenvalue weighted by Gasteiger charge is 2.30. The molecule has 0 spiro atoms. The second kappa shape index (κ2) is 5.06. The van der Waals surface area contributed by atoms with E-state index < -0.39 is 20.9 Å². The Labute approximate surface area is 105 Å². The van der Waals surface area contributed by atoms with Gasteiger partial charge in [-0.3, -0.25) is 4.79 Å². The Morgan fingerprint density at radius 2 is 1.89 bits per heavy atom. The molecule has 6 heteroatoms. The van der Waals surface area contributed by atoms with Gasteiger partial charge in [-0.05, 0) is 37.1 Å². The Morgan fingerprint density at radius 3 is 2.56 bits per heavy atom. The molecular weight excluding hydrogens is 257 g/mol. The van der Waals surface area contributed by atoms with Crippen LogP contribution in [0.3, 0.4) is 0 Å². The second-order valence-corrected chi connectivity index (χ2v) is 6.55. The van der Waals surface area contributed by atoms with Crippen LogP contribution in [0.4, 0.5) is 4.39 Å². The van der Waals surface area contributed by atoms with Crippen LogP contribution in [0.15, 0.2) is 29.2 Å². The minimum atomic E-state index is -3.56. The quantitative estimate of drug-likeness (QED) is 0.824. The van der Waals surface area contributed by atoms with Gasteiger partial charge < -0.3 is 5.32 Å². The molecule has 0 aliphatic carbocycles. The predicted molar refractivity (Wildman–Crippen MR) is 64.2 cm³/mol. The number of nitrogens with one attached hydrogen (secondary N) is 1. The van der Waals surface area contributed by atoms with E-state index in [-0.39, 0.29) is 17.2 Å². The van der Waals surface area contributed by atoms with E-state index in [4.69, 9.17) is 0 Å². The van der Waals surface area contributed by atoms with E-state index in [1.807, 2.05) is 0 Å². The second-order valence-electron chi connectivity index (χ2n) is 4.32. The molecule has 0 radical (unpaired) electrons. The summed E-state index contributed by atoms with van der Waals surface area (Å²) in [5, 5.41) is 1.93. The lowest BCUT2D eigenvalue weighted by Gasteiger charge is -2.14. The molecule has 1 aliphatic rings. The van der Waals surface area contributed by atoms with E-state index in [0.29, 0.717) is 19.4 Å². The summed E-state index contributed by atoms with van der Waals surface area (Å²) in [5.74, 6) is -0.726. The molecule has 1 aromatic rings. The van der Waals surface area contributed by atoms with Crippen molar-refractivity contribution in [2.24, 2.45) is 0 Å². The monoisotopic (exact) mass is 271 g/mol. The van der Waals surface area contributed by atoms with Crippen LogP contribution in [0.1, 0.15) is 19.3 Å². The number of halogens is 1. The predicted octanol–water partition coefficient (Wildman–Crippen LogP) is 1.27. The van der Waals surface area contributed by atoms with Gasteiger partial charge in [0.25, 0.3) is 0 Å². The SMILES string of the molecule is O=C1CC(S(=O)(=O)c2ccc(F)cc2)CCCN1. The maximum atomic E-state index is 12.8. The molecule has 0 saturated carbocycles. The number of carbonyl (C=O) groups is 1. The normalized spacial score (nSPS) is 21.2. The Balaban J connectivity index is 2.29. The minimum absolute atomic E-state index is 0.0281. The van der Waals surface area contributed by atoms with Gasteiger partial charge in [0.2, 0.25) is 5.91 Å². The number of sulfone groups is 1. The third kappa shape index (κ3) is 2.69. The molecular formula is C12H14FNO3S. The van der Waals surface area contributed by atoms with Crippen molar-refractivity contribution in [3.8, 4) is 0 Å². The highest BCUT2D eigenvalue weighted by Crippen LogP contribution is 2.23. The first-order valence-electron chi connectivity index (χ1n) is 5.76. The van der Waals surface area contributed by atoms with Crippen LogP contribution in [0, 0.1) is 5.82 Å². The molecule has 1 N–H and O–H groups in total. The smallest absolute Gasteiger partial charge is 0.221 e. The number of hydrogen-bond acceptors (Lipinski definition) is 3. The standard InChI is InChI=1S/C12H14FNO3S/c13-9-3-5-10(6-4-9)18(16,17)11-2-1-7-14-12(15)8-11/h3-6,11H,1-2,7-8H2,(H,14,15). The fraction of sp³-hybridized carbons (Fsp3) is 0.417. The number of amides is 1. The number of hydrogen-bond donors (Lipinski definition) is 1. The van der Waals surface area contributed by atoms with E-state index in [1.54, 1.807) is 0 Å². The van der Waals surface area contributed by atoms with Crippen LogP contribution in [0.2, 0.25) is 0 Å². The third-order valence-corrected chi connectivity index (χ3v) is 5.23. The van der Waals surface area contributed by atoms with Crippen molar-refractivity contribution in [3.05, 3.63) is 30.1 Å². The molecule has 98 valence electrons. The summed E-state index contributed by atoms with van der Waals surface area (Å²) < 4.78 is 37.4. The summed E-state index contributed by atoms with van der Waals surface area (Å²) in [4.78, 5) is 11.5. The van der Waals surface area contributed by atoms with Gasteiger partial charge >= 0.3 is 0 Å². The molecule has 1 fully saturated rings. The minimum Gasteiger partial charge on any atom is -0.356 e. The summed E-state index contributed by atoms with van der Waals surface area (Å²) in [5.41, 5.74) is 0. The Hall–Kier alpha value is -1.43. The molecule has 1 amide bonds. The van der Waals surface area contributed by atoms with Gasteiger partial charge in [-0.1, -0.05) is 0 Å². The lowest BCUT2D eigenvalue weighted by molar-refractivity contribution is -0.120. The number of benzene rings is 1. The highest BCUT2D eigenvalue weighted by molar-refractivity contribution is 7.92. The van der Waals surface area contributed by atoms with Crippen molar-refractivity contribution in [1.82, 2.24) is 5.32 Å². The maximum absolute atomic E-state index is 12.8. The van der Waals surface area contributed by atoms with Crippen molar-refractivity contribution >= 4 is 15.7 Å². The van der Waals surface area contributed by atoms with Gasteiger partial charge in [-0.2, -0.15) is 0 Å². The number of rotatable bonds is 2. The zero-order chi connectivity index (χ0) is 13.2. The summed E-state index contributed by atoms with van der Waals surface area (Å²) in [6, 6.07) is 4.72. The molecule has 0 bridgehead atoms. The van der Waals surface area contributed by atoms with E-state index in [0.717, 1.165) is 12.1 Å². The van der Waals surface area contributed by atoms with E-state index in [2.05, 4.69) is 5.32 Å². The molecule has 1 aliphatic heterocycles. The Kier molecular flexibility index (Phi) is 3.65. The molecule has 4 nitrogen and oxygen atoms in total. The third-order valence-electron chi connectivity index (χ3n) is 3.02. The topological polar surface area (TPSA) is 63.2 Å². The van der Waals surface area contributed by atoms with Crippen LogP contribution >= 0.6 is 0 Å². The van der Waals surface area contributed by atoms with Gasteiger partial charge in [-0.25, -0.2) is 12.8 Å². The van der Waals surface area contributed by atoms with Crippen LogP contribution in [-0.2, 0) is 14.6 Å². The first-order chi connectivity index (χ1) is 8.50. The molecule has 2 rings (SSSR count). The van der Waals surface area contributed by atoms with Crippen LogP contribution in [0.25, 0.3) is 0 Å². The van der Waals surface area contributed by atoms with Crippen molar-refractivity contribution in [1.29, 1.82) is 0 Å². The van der Waals surface area contributed by atoms with Gasteiger partial charge in [0.05, 0.1) is 10.1 Å². The van der Waals surface area contributed by atoms with Crippen molar-refractivity contribution in [3.63, 3.8) is 0 Å². The van der Waals surface area contributed by atoms with Crippen LogP contribution < -0.4 is 5.32 Å². The average molecular weight is 271 g/mol. The molecule has 1 atom stereocenters. The molecule has 1 unspecified atom stereocenters. The first-order valence-corrected chi connectivity index (χ1v) is 7.31. The largest absolute Gasteiger partial charge is 0.356 e. The molecule has 18 heavy (non-hydrogen) atoms. The van der Waals surface area contributed by atoms with Crippen LogP contribution in [-0.4, -0.2) is 26.1 Å². The van der Waals surface area contributed by atoms with Crippen molar-refractivity contribution in [2.45, 2.75) is 29.4 Å². The molecule has 1 aromatic carbocycles. The summed E-state index contributed by atoms with van der Waals surface area (Å²) in [6.45, 7) is 0.508. The van der Waals surface area contributed by atoms with Gasteiger partial charge in [0, 0.05) is 13.0 Å². The van der Waals surface area contributed by atoms with Gasteiger partial charge in [-0.15, -0.1) is 0 Å². The molecule has 0 aromatic heterocycles. The maximum Gasteiger partial charge on any atom is 0.221 e. The Morgan fingerprint density at radius 1 is 1.22 bits per heavy atom. The summed E-state index contributed by atoms with van der Waals surface area (Å²) >= 11 is 0. The average Bonchev–Trinajstić information content (AvgIpc) is 2.55. The fourth-order valence-electron chi connectivity index (χ4n) is 2.02. The Bertz CT molecular complexity index is 539. The van der Waals surface area contributed by atoms with Crippen LogP contribution in [0.5, 0.6) is 0 Å². The summed E-state index contributed by atoms with van der Waals surface area (Å²) in [6.07, 6.45) is 1.05. The first kappa shape index (κ1) is 13.0. The van der Waals surface area contributed by atoms with E-state index >= 15 is 0 Å². The lowest BCUT2D eigenvalue weighted by Crippen LogP contribution is -2.27. The number of carbonyl (C=O) groups excluding carboxylic acids is 1. The van der Waals surface area contributed by atoms with E-state index in [9.17, 15) is 17.6 Å². The zero-order valence-corrected chi connectivity index (χ0v) is 10.5. The summed E-state index contributed by atoms with van der Waals surface area (Å²) in [7, 11) is -3.56. The zero-order valence-electron chi connectivity index (χ0n) is 9.73. The molecule has 1 heterocycles. The highest BCUT2D eigenvalue weighted by atomic mass is 32.2.